The van der Waals surface area contributed by atoms with Crippen LogP contribution in [-0.2, 0) is 19.0 Å². The second-order valence-corrected chi connectivity index (χ2v) is 6.15. The van der Waals surface area contributed by atoms with Crippen LogP contribution in [0.25, 0.3) is 0 Å². The lowest BCUT2D eigenvalue weighted by Crippen LogP contribution is -2.43. The van der Waals surface area contributed by atoms with Crippen LogP contribution in [-0.4, -0.2) is 43.5 Å². The highest BCUT2D eigenvalue weighted by molar-refractivity contribution is 7.86. The molecule has 1 aliphatic heterocycles. The van der Waals surface area contributed by atoms with Crippen molar-refractivity contribution in [3.8, 4) is 0 Å². The van der Waals surface area contributed by atoms with Crippen molar-refractivity contribution in [1.82, 2.24) is 0 Å². The Balaban J connectivity index is 2.03. The summed E-state index contributed by atoms with van der Waals surface area (Å²) in [4.78, 5) is 0.0319. The summed E-state index contributed by atoms with van der Waals surface area (Å²) in [6.45, 7) is 1.47. The van der Waals surface area contributed by atoms with Crippen molar-refractivity contribution in [3.05, 3.63) is 42.2 Å². The first-order chi connectivity index (χ1) is 9.40. The molecule has 1 aromatic carbocycles. The molecule has 110 valence electrons. The van der Waals surface area contributed by atoms with Gasteiger partial charge in [0, 0.05) is 0 Å². The third-order valence-electron chi connectivity index (χ3n) is 2.96. The van der Waals surface area contributed by atoms with E-state index in [-0.39, 0.29) is 11.5 Å². The Bertz CT molecular complexity index is 577. The zero-order valence-electron chi connectivity index (χ0n) is 10.8. The van der Waals surface area contributed by atoms with Crippen LogP contribution in [0.1, 0.15) is 5.56 Å². The maximum Gasteiger partial charge on any atom is 0.297 e. The first kappa shape index (κ1) is 15.0. The maximum atomic E-state index is 11.9. The quantitative estimate of drug-likeness (QED) is 0.779. The van der Waals surface area contributed by atoms with E-state index in [1.165, 1.54) is 24.5 Å². The van der Waals surface area contributed by atoms with Crippen LogP contribution in [0.5, 0.6) is 0 Å². The van der Waals surface area contributed by atoms with Crippen molar-refractivity contribution in [1.29, 1.82) is 0 Å². The Morgan fingerprint density at radius 1 is 1.25 bits per heavy atom. The lowest BCUT2D eigenvalue weighted by molar-refractivity contribution is -0.0764. The van der Waals surface area contributed by atoms with E-state index in [4.69, 9.17) is 8.92 Å². The van der Waals surface area contributed by atoms with Crippen molar-refractivity contribution in [2.75, 3.05) is 6.61 Å². The lowest BCUT2D eigenvalue weighted by atomic mass is 10.1. The summed E-state index contributed by atoms with van der Waals surface area (Å²) in [5, 5.41) is 19.0. The molecular formula is C13H16O6S. The fourth-order valence-corrected chi connectivity index (χ4v) is 2.63. The highest BCUT2D eigenvalue weighted by Crippen LogP contribution is 2.17. The summed E-state index contributed by atoms with van der Waals surface area (Å²) in [6.07, 6.45) is -0.776. The molecule has 0 unspecified atom stereocenters. The molecule has 20 heavy (non-hydrogen) atoms. The Hall–Kier alpha value is -1.41. The molecule has 0 spiro atoms. The average Bonchev–Trinajstić information content (AvgIpc) is 2.41. The van der Waals surface area contributed by atoms with E-state index >= 15 is 0 Å². The summed E-state index contributed by atoms with van der Waals surface area (Å²) >= 11 is 0. The number of hydrogen-bond acceptors (Lipinski definition) is 6. The van der Waals surface area contributed by atoms with Gasteiger partial charge in [0.1, 0.15) is 18.8 Å². The molecule has 6 nitrogen and oxygen atoms in total. The van der Waals surface area contributed by atoms with Crippen molar-refractivity contribution in [3.63, 3.8) is 0 Å². The van der Waals surface area contributed by atoms with Crippen LogP contribution in [0, 0.1) is 6.92 Å². The van der Waals surface area contributed by atoms with E-state index in [0.29, 0.717) is 0 Å². The molecule has 1 heterocycles. The van der Waals surface area contributed by atoms with Gasteiger partial charge in [-0.3, -0.25) is 4.18 Å². The molecule has 2 rings (SSSR count). The van der Waals surface area contributed by atoms with Gasteiger partial charge >= 0.3 is 0 Å². The maximum absolute atomic E-state index is 11.9. The van der Waals surface area contributed by atoms with Crippen molar-refractivity contribution < 1.29 is 27.6 Å². The number of rotatable bonds is 4. The molecule has 0 aromatic heterocycles. The van der Waals surface area contributed by atoms with E-state index in [1.54, 1.807) is 12.1 Å². The standard InChI is InChI=1S/C13H16O6S/c1-9-2-4-10(5-3-9)20(16,17)19-8-12-13(15)11(14)6-7-18-12/h2-7,11-15H,8H2,1H3/t11-,12-,13+/m1/s1. The minimum absolute atomic E-state index is 0.0319. The summed E-state index contributed by atoms with van der Waals surface area (Å²) < 4.78 is 33.8. The highest BCUT2D eigenvalue weighted by Gasteiger charge is 2.31. The molecule has 0 radical (unpaired) electrons. The number of aryl methyl sites for hydroxylation is 1. The van der Waals surface area contributed by atoms with Crippen molar-refractivity contribution >= 4 is 10.1 Å². The highest BCUT2D eigenvalue weighted by atomic mass is 32.2. The second kappa shape index (κ2) is 5.92. The first-order valence-corrected chi connectivity index (χ1v) is 7.45. The van der Waals surface area contributed by atoms with E-state index < -0.39 is 28.4 Å². The molecule has 0 saturated carbocycles. The third kappa shape index (κ3) is 3.37. The fourth-order valence-electron chi connectivity index (χ4n) is 1.71. The molecular weight excluding hydrogens is 284 g/mol. The number of aliphatic hydroxyl groups is 2. The zero-order chi connectivity index (χ0) is 14.8. The Labute approximate surface area is 117 Å². The van der Waals surface area contributed by atoms with Crippen LogP contribution in [0.15, 0.2) is 41.5 Å². The minimum atomic E-state index is -3.91. The molecule has 2 N–H and O–H groups in total. The van der Waals surface area contributed by atoms with E-state index in [0.717, 1.165) is 5.56 Å². The van der Waals surface area contributed by atoms with Crippen LogP contribution < -0.4 is 0 Å². The van der Waals surface area contributed by atoms with E-state index in [1.807, 2.05) is 6.92 Å². The Morgan fingerprint density at radius 3 is 2.55 bits per heavy atom. The minimum Gasteiger partial charge on any atom is -0.493 e. The van der Waals surface area contributed by atoms with Gasteiger partial charge in [-0.1, -0.05) is 17.7 Å². The molecule has 0 bridgehead atoms. The van der Waals surface area contributed by atoms with Gasteiger partial charge in [-0.15, -0.1) is 0 Å². The lowest BCUT2D eigenvalue weighted by Gasteiger charge is -2.27. The van der Waals surface area contributed by atoms with Gasteiger partial charge in [0.25, 0.3) is 10.1 Å². The predicted octanol–water partition coefficient (Wildman–Crippen LogP) is 0.335. The van der Waals surface area contributed by atoms with Gasteiger partial charge in [-0.25, -0.2) is 0 Å². The van der Waals surface area contributed by atoms with Crippen LogP contribution in [0.2, 0.25) is 0 Å². The molecule has 0 saturated heterocycles. The number of ether oxygens (including phenoxy) is 1. The Morgan fingerprint density at radius 2 is 1.90 bits per heavy atom. The summed E-state index contributed by atoms with van der Waals surface area (Å²) in [5.74, 6) is 0. The van der Waals surface area contributed by atoms with Gasteiger partial charge < -0.3 is 14.9 Å². The Kier molecular flexibility index (Phi) is 4.44. The molecule has 7 heteroatoms. The first-order valence-electron chi connectivity index (χ1n) is 6.04. The SMILES string of the molecule is Cc1ccc(S(=O)(=O)OC[C@H]2OC=C[C@@H](O)[C@@H]2O)cc1. The molecule has 0 amide bonds. The van der Waals surface area contributed by atoms with Gasteiger partial charge in [-0.2, -0.15) is 8.42 Å². The summed E-state index contributed by atoms with van der Waals surface area (Å²) in [6, 6.07) is 6.21. The van der Waals surface area contributed by atoms with Crippen LogP contribution >= 0.6 is 0 Å². The number of aliphatic hydroxyl groups excluding tert-OH is 2. The second-order valence-electron chi connectivity index (χ2n) is 4.54. The number of benzene rings is 1. The monoisotopic (exact) mass is 300 g/mol. The normalized spacial score (nSPS) is 26.2. The van der Waals surface area contributed by atoms with Crippen molar-refractivity contribution in [2.45, 2.75) is 30.1 Å². The smallest absolute Gasteiger partial charge is 0.297 e. The molecule has 0 fully saturated rings. The van der Waals surface area contributed by atoms with Gasteiger partial charge in [0.05, 0.1) is 11.2 Å². The van der Waals surface area contributed by atoms with E-state index in [9.17, 15) is 18.6 Å². The van der Waals surface area contributed by atoms with Crippen LogP contribution in [0.3, 0.4) is 0 Å². The zero-order valence-corrected chi connectivity index (χ0v) is 11.7. The molecule has 1 aliphatic rings. The predicted molar refractivity (Wildman–Crippen MR) is 70.3 cm³/mol. The fraction of sp³-hybridized carbons (Fsp3) is 0.385. The van der Waals surface area contributed by atoms with E-state index in [2.05, 4.69) is 0 Å². The molecule has 1 aromatic rings. The molecule has 3 atom stereocenters. The summed E-state index contributed by atoms with van der Waals surface area (Å²) in [5.41, 5.74) is 0.934. The molecule has 0 aliphatic carbocycles. The van der Waals surface area contributed by atoms with Crippen molar-refractivity contribution in [2.24, 2.45) is 0 Å². The number of hydrogen-bond donors (Lipinski definition) is 2. The largest absolute Gasteiger partial charge is 0.493 e. The van der Waals surface area contributed by atoms with Gasteiger partial charge in [-0.05, 0) is 25.1 Å². The third-order valence-corrected chi connectivity index (χ3v) is 4.25. The topological polar surface area (TPSA) is 93.1 Å². The van der Waals surface area contributed by atoms with Gasteiger partial charge in [0.15, 0.2) is 6.10 Å². The van der Waals surface area contributed by atoms with Crippen LogP contribution in [0.4, 0.5) is 0 Å². The van der Waals surface area contributed by atoms with Gasteiger partial charge in [0.2, 0.25) is 0 Å². The average molecular weight is 300 g/mol. The summed E-state index contributed by atoms with van der Waals surface area (Å²) in [7, 11) is -3.91.